The second-order valence-corrected chi connectivity index (χ2v) is 5.72. The molecule has 0 atom stereocenters. The number of aliphatic imine (C=N–C) groups is 1. The fraction of sp³-hybridized carbons (Fsp3) is 0.263. The highest BCUT2D eigenvalue weighted by molar-refractivity contribution is 5.90. The van der Waals surface area contributed by atoms with Gasteiger partial charge in [-0.2, -0.15) is 13.2 Å². The normalized spacial score (nSPS) is 11.6. The van der Waals surface area contributed by atoms with Crippen LogP contribution in [0.3, 0.4) is 0 Å². The van der Waals surface area contributed by atoms with Crippen molar-refractivity contribution in [3.05, 3.63) is 65.0 Å². The Labute approximate surface area is 154 Å². The van der Waals surface area contributed by atoms with E-state index in [1.165, 1.54) is 30.6 Å². The van der Waals surface area contributed by atoms with Crippen molar-refractivity contribution in [1.82, 2.24) is 4.90 Å². The molecule has 2 aromatic carbocycles. The van der Waals surface area contributed by atoms with Gasteiger partial charge in [0.1, 0.15) is 12.4 Å². The number of halogens is 4. The maximum Gasteiger partial charge on any atom is 0.418 e. The summed E-state index contributed by atoms with van der Waals surface area (Å²) in [5.74, 6) is -1.55. The van der Waals surface area contributed by atoms with Crippen molar-refractivity contribution >= 4 is 18.0 Å². The lowest BCUT2D eigenvalue weighted by Gasteiger charge is -2.13. The Morgan fingerprint density at radius 3 is 2.56 bits per heavy atom. The highest BCUT2D eigenvalue weighted by Gasteiger charge is 2.34. The van der Waals surface area contributed by atoms with Crippen LogP contribution in [0.2, 0.25) is 0 Å². The smallest absolute Gasteiger partial charge is 0.418 e. The van der Waals surface area contributed by atoms with Gasteiger partial charge in [-0.1, -0.05) is 18.2 Å². The van der Waals surface area contributed by atoms with E-state index in [2.05, 4.69) is 4.99 Å². The molecule has 2 rings (SSSR count). The lowest BCUT2D eigenvalue weighted by molar-refractivity contribution is -0.137. The zero-order chi connectivity index (χ0) is 20.0. The number of esters is 1. The van der Waals surface area contributed by atoms with Gasteiger partial charge in [0.2, 0.25) is 0 Å². The minimum absolute atomic E-state index is 0.130. The number of ether oxygens (including phenoxy) is 1. The van der Waals surface area contributed by atoms with Crippen molar-refractivity contribution in [3.63, 3.8) is 0 Å². The lowest BCUT2D eigenvalue weighted by Crippen LogP contribution is -2.15. The van der Waals surface area contributed by atoms with Gasteiger partial charge in [0.15, 0.2) is 0 Å². The van der Waals surface area contributed by atoms with Crippen LogP contribution < -0.4 is 0 Å². The second-order valence-electron chi connectivity index (χ2n) is 5.72. The molecule has 0 aliphatic carbocycles. The van der Waals surface area contributed by atoms with Crippen LogP contribution in [0.5, 0.6) is 0 Å². The summed E-state index contributed by atoms with van der Waals surface area (Å²) in [4.78, 5) is 17.5. The number of benzene rings is 2. The van der Waals surface area contributed by atoms with Crippen molar-refractivity contribution < 1.29 is 27.1 Å². The molecule has 0 unspecified atom stereocenters. The lowest BCUT2D eigenvalue weighted by atomic mass is 10.1. The fourth-order valence-corrected chi connectivity index (χ4v) is 2.09. The van der Waals surface area contributed by atoms with Crippen LogP contribution >= 0.6 is 0 Å². The van der Waals surface area contributed by atoms with Gasteiger partial charge >= 0.3 is 12.1 Å². The molecule has 27 heavy (non-hydrogen) atoms. The second kappa shape index (κ2) is 8.66. The van der Waals surface area contributed by atoms with Crippen molar-refractivity contribution in [2.45, 2.75) is 19.7 Å². The summed E-state index contributed by atoms with van der Waals surface area (Å²) in [6.07, 6.45) is -3.42. The predicted molar refractivity (Wildman–Crippen MR) is 93.4 cm³/mol. The maximum atomic E-state index is 13.5. The molecule has 0 aliphatic rings. The molecule has 2 aromatic rings. The molecule has 0 N–H and O–H groups in total. The van der Waals surface area contributed by atoms with Crippen molar-refractivity contribution in [2.24, 2.45) is 4.99 Å². The fourth-order valence-electron chi connectivity index (χ4n) is 2.09. The quantitative estimate of drug-likeness (QED) is 0.312. The molecule has 0 spiro atoms. The molecule has 0 saturated heterocycles. The van der Waals surface area contributed by atoms with E-state index in [0.717, 1.165) is 6.07 Å². The molecule has 0 saturated carbocycles. The van der Waals surface area contributed by atoms with E-state index in [-0.39, 0.29) is 23.4 Å². The van der Waals surface area contributed by atoms with Gasteiger partial charge in [0.05, 0.1) is 23.2 Å². The average Bonchev–Trinajstić information content (AvgIpc) is 2.64. The zero-order valence-electron chi connectivity index (χ0n) is 14.8. The van der Waals surface area contributed by atoms with Gasteiger partial charge in [-0.05, 0) is 31.2 Å². The van der Waals surface area contributed by atoms with E-state index in [0.29, 0.717) is 12.6 Å². The molecule has 0 fully saturated rings. The summed E-state index contributed by atoms with van der Waals surface area (Å²) < 4.78 is 58.4. The van der Waals surface area contributed by atoms with Crippen molar-refractivity contribution in [2.75, 3.05) is 13.6 Å². The van der Waals surface area contributed by atoms with Gasteiger partial charge in [0.25, 0.3) is 0 Å². The molecule has 8 heteroatoms. The van der Waals surface area contributed by atoms with Crippen LogP contribution in [0.25, 0.3) is 0 Å². The Hall–Kier alpha value is -2.90. The molecule has 0 heterocycles. The van der Waals surface area contributed by atoms with E-state index < -0.39 is 23.5 Å². The number of nitrogens with zero attached hydrogens (tertiary/aromatic N) is 2. The Morgan fingerprint density at radius 1 is 1.22 bits per heavy atom. The molecule has 0 aromatic heterocycles. The monoisotopic (exact) mass is 382 g/mol. The number of hydrogen-bond donors (Lipinski definition) is 0. The van der Waals surface area contributed by atoms with Crippen LogP contribution in [0.1, 0.15) is 28.4 Å². The van der Waals surface area contributed by atoms with E-state index in [1.54, 1.807) is 18.0 Å². The van der Waals surface area contributed by atoms with Crippen LogP contribution in [0.4, 0.5) is 23.2 Å². The molecule has 0 aliphatic heterocycles. The highest BCUT2D eigenvalue weighted by Crippen LogP contribution is 2.37. The average molecular weight is 382 g/mol. The summed E-state index contributed by atoms with van der Waals surface area (Å²) in [5.41, 5.74) is -1.52. The third-order valence-electron chi connectivity index (χ3n) is 3.75. The van der Waals surface area contributed by atoms with E-state index in [4.69, 9.17) is 4.74 Å². The third kappa shape index (κ3) is 5.54. The van der Waals surface area contributed by atoms with E-state index in [1.807, 2.05) is 6.92 Å². The zero-order valence-corrected chi connectivity index (χ0v) is 14.8. The molecule has 0 bridgehead atoms. The number of carbonyl (C=O) groups excluding carboxylic acids is 1. The van der Waals surface area contributed by atoms with E-state index in [9.17, 15) is 22.4 Å². The van der Waals surface area contributed by atoms with Crippen LogP contribution in [0, 0.1) is 5.82 Å². The van der Waals surface area contributed by atoms with Gasteiger partial charge in [-0.15, -0.1) is 0 Å². The minimum Gasteiger partial charge on any atom is -0.457 e. The van der Waals surface area contributed by atoms with Crippen LogP contribution in [0.15, 0.2) is 47.5 Å². The van der Waals surface area contributed by atoms with Crippen LogP contribution in [-0.2, 0) is 17.5 Å². The highest BCUT2D eigenvalue weighted by atomic mass is 19.4. The molecular weight excluding hydrogens is 364 g/mol. The summed E-state index contributed by atoms with van der Waals surface area (Å²) in [7, 11) is 1.67. The van der Waals surface area contributed by atoms with Crippen LogP contribution in [-0.4, -0.2) is 30.8 Å². The molecule has 0 radical (unpaired) electrons. The van der Waals surface area contributed by atoms with Gasteiger partial charge in [-0.3, -0.25) is 0 Å². The topological polar surface area (TPSA) is 41.9 Å². The van der Waals surface area contributed by atoms with Gasteiger partial charge < -0.3 is 9.64 Å². The SMILES string of the molecule is CCN(C)C=Nc1ccc(C(=O)OCc2ccccc2F)cc1C(F)(F)F. The van der Waals surface area contributed by atoms with Gasteiger partial charge in [-0.25, -0.2) is 14.2 Å². The Morgan fingerprint density at radius 2 is 1.93 bits per heavy atom. The first-order chi connectivity index (χ1) is 12.7. The Balaban J connectivity index is 2.23. The Bertz CT molecular complexity index is 835. The standard InChI is InChI=1S/C19H18F4N2O2/c1-3-25(2)12-24-17-9-8-13(10-15(17)19(21,22)23)18(26)27-11-14-6-4-5-7-16(14)20/h4-10,12H,3,11H2,1-2H3. The third-order valence-corrected chi connectivity index (χ3v) is 3.75. The molecule has 0 amide bonds. The maximum absolute atomic E-state index is 13.5. The minimum atomic E-state index is -4.70. The van der Waals surface area contributed by atoms with E-state index >= 15 is 0 Å². The Kier molecular flexibility index (Phi) is 6.55. The summed E-state index contributed by atoms with van der Waals surface area (Å²) >= 11 is 0. The number of rotatable bonds is 6. The number of alkyl halides is 3. The van der Waals surface area contributed by atoms with Gasteiger partial charge in [0, 0.05) is 19.2 Å². The molecular formula is C19H18F4N2O2. The molecule has 144 valence electrons. The number of hydrogen-bond acceptors (Lipinski definition) is 3. The first kappa shape index (κ1) is 20.4. The first-order valence-electron chi connectivity index (χ1n) is 8.08. The van der Waals surface area contributed by atoms with Crippen molar-refractivity contribution in [3.8, 4) is 0 Å². The largest absolute Gasteiger partial charge is 0.457 e. The van der Waals surface area contributed by atoms with Crippen molar-refractivity contribution in [1.29, 1.82) is 0 Å². The summed E-state index contributed by atoms with van der Waals surface area (Å²) in [5, 5.41) is 0. The molecule has 4 nitrogen and oxygen atoms in total. The first-order valence-corrected chi connectivity index (χ1v) is 8.08. The predicted octanol–water partition coefficient (Wildman–Crippen LogP) is 4.81. The number of carbonyl (C=O) groups is 1. The summed E-state index contributed by atoms with van der Waals surface area (Å²) in [6, 6.07) is 8.64. The summed E-state index contributed by atoms with van der Waals surface area (Å²) in [6.45, 7) is 2.02.